The summed E-state index contributed by atoms with van der Waals surface area (Å²) in [6.45, 7) is 4.12. The van der Waals surface area contributed by atoms with Gasteiger partial charge in [-0.1, -0.05) is 12.1 Å². The number of nitrogens with one attached hydrogen (secondary N) is 1. The second-order valence-corrected chi connectivity index (χ2v) is 8.16. The second-order valence-electron chi connectivity index (χ2n) is 8.16. The summed E-state index contributed by atoms with van der Waals surface area (Å²) >= 11 is 0. The molecule has 142 valence electrons. The fourth-order valence-corrected chi connectivity index (χ4v) is 4.43. The normalized spacial score (nSPS) is 26.4. The quantitative estimate of drug-likeness (QED) is 0.781. The van der Waals surface area contributed by atoms with E-state index in [0.717, 1.165) is 42.1 Å². The number of carbonyl (C=O) groups is 1. The molecule has 3 fully saturated rings. The number of amides is 1. The van der Waals surface area contributed by atoms with Gasteiger partial charge in [-0.2, -0.15) is 0 Å². The molecule has 2 heterocycles. The lowest BCUT2D eigenvalue weighted by atomic mass is 9.91. The van der Waals surface area contributed by atoms with E-state index in [1.807, 2.05) is 24.3 Å². The van der Waals surface area contributed by atoms with E-state index >= 15 is 0 Å². The highest BCUT2D eigenvalue weighted by atomic mass is 16.5. The number of aliphatic hydroxyl groups excluding tert-OH is 1. The summed E-state index contributed by atoms with van der Waals surface area (Å²) in [5.74, 6) is 3.71. The number of ether oxygens (including phenoxy) is 1. The molecule has 26 heavy (non-hydrogen) atoms. The molecule has 0 bridgehead atoms. The number of rotatable bonds is 7. The molecule has 0 aromatic heterocycles. The summed E-state index contributed by atoms with van der Waals surface area (Å²) in [5, 5.41) is 12.7. The van der Waals surface area contributed by atoms with Crippen molar-refractivity contribution in [2.75, 3.05) is 32.8 Å². The molecule has 1 amide bonds. The van der Waals surface area contributed by atoms with Crippen molar-refractivity contribution in [3.63, 3.8) is 0 Å². The van der Waals surface area contributed by atoms with E-state index in [2.05, 4.69) is 5.32 Å². The zero-order chi connectivity index (χ0) is 17.9. The average molecular weight is 358 g/mol. The van der Waals surface area contributed by atoms with E-state index in [0.29, 0.717) is 19.5 Å². The lowest BCUT2D eigenvalue weighted by Gasteiger charge is -2.35. The van der Waals surface area contributed by atoms with E-state index in [4.69, 9.17) is 4.74 Å². The minimum absolute atomic E-state index is 0.0849. The molecule has 0 spiro atoms. The molecule has 0 unspecified atom stereocenters. The van der Waals surface area contributed by atoms with Crippen molar-refractivity contribution in [2.24, 2.45) is 17.8 Å². The molecule has 5 nitrogen and oxygen atoms in total. The van der Waals surface area contributed by atoms with Gasteiger partial charge in [0.25, 0.3) is 0 Å². The van der Waals surface area contributed by atoms with Crippen LogP contribution < -0.4 is 10.1 Å². The standard InChI is InChI=1S/C21H30N2O3/c24-18-13-23(14-18)21(25)11-15-1-3-19(4-2-15)26-10-7-17-12-20(17)16-5-8-22-9-6-16/h1-4,16-18,20,22,24H,5-14H2/t17-,20-/m1/s1. The smallest absolute Gasteiger partial charge is 0.227 e. The number of piperidine rings is 1. The van der Waals surface area contributed by atoms with Crippen LogP contribution in [0, 0.1) is 17.8 Å². The third-order valence-corrected chi connectivity index (χ3v) is 6.22. The third kappa shape index (κ3) is 4.38. The summed E-state index contributed by atoms with van der Waals surface area (Å²) < 4.78 is 5.91. The Morgan fingerprint density at radius 3 is 2.62 bits per heavy atom. The van der Waals surface area contributed by atoms with Gasteiger partial charge in [-0.05, 0) is 74.2 Å². The summed E-state index contributed by atoms with van der Waals surface area (Å²) in [4.78, 5) is 13.7. The number of hydrogen-bond donors (Lipinski definition) is 2. The summed E-state index contributed by atoms with van der Waals surface area (Å²) in [6, 6.07) is 7.87. The highest BCUT2D eigenvalue weighted by Crippen LogP contribution is 2.49. The molecule has 1 aromatic carbocycles. The maximum Gasteiger partial charge on any atom is 0.227 e. The van der Waals surface area contributed by atoms with Gasteiger partial charge >= 0.3 is 0 Å². The minimum Gasteiger partial charge on any atom is -0.494 e. The summed E-state index contributed by atoms with van der Waals surface area (Å²) in [6.07, 6.45) is 5.30. The second kappa shape index (κ2) is 7.97. The molecule has 5 heteroatoms. The first kappa shape index (κ1) is 17.8. The predicted molar refractivity (Wildman–Crippen MR) is 100 cm³/mol. The van der Waals surface area contributed by atoms with Crippen LogP contribution in [0.1, 0.15) is 31.2 Å². The van der Waals surface area contributed by atoms with E-state index in [1.165, 1.54) is 32.4 Å². The molecule has 1 aliphatic carbocycles. The van der Waals surface area contributed by atoms with Crippen molar-refractivity contribution in [1.29, 1.82) is 0 Å². The highest BCUT2D eigenvalue weighted by molar-refractivity contribution is 5.79. The minimum atomic E-state index is -0.337. The topological polar surface area (TPSA) is 61.8 Å². The molecule has 3 aliphatic rings. The van der Waals surface area contributed by atoms with E-state index < -0.39 is 0 Å². The molecule has 2 N–H and O–H groups in total. The Balaban J connectivity index is 1.15. The highest BCUT2D eigenvalue weighted by Gasteiger charge is 2.42. The first-order chi connectivity index (χ1) is 12.7. The first-order valence-electron chi connectivity index (χ1n) is 10.1. The predicted octanol–water partition coefficient (Wildman–Crippen LogP) is 1.84. The number of hydrogen-bond acceptors (Lipinski definition) is 4. The number of likely N-dealkylation sites (tertiary alicyclic amines) is 1. The lowest BCUT2D eigenvalue weighted by Crippen LogP contribution is -2.53. The zero-order valence-electron chi connectivity index (χ0n) is 15.4. The molecule has 2 atom stereocenters. The van der Waals surface area contributed by atoms with Crippen molar-refractivity contribution >= 4 is 5.91 Å². The number of benzene rings is 1. The lowest BCUT2D eigenvalue weighted by molar-refractivity contribution is -0.140. The SMILES string of the molecule is O=C(Cc1ccc(OCC[C@@H]2C[C@@H]2C2CCNCC2)cc1)N1CC(O)C1. The number of β-amino-alcohol motifs (C(OH)–C–C–N with tert-alkyl or cyclic N) is 1. The Labute approximate surface area is 155 Å². The van der Waals surface area contributed by atoms with Crippen LogP contribution in [-0.4, -0.2) is 54.8 Å². The molecule has 0 radical (unpaired) electrons. The Bertz CT molecular complexity index is 606. The first-order valence-corrected chi connectivity index (χ1v) is 10.1. The Morgan fingerprint density at radius 1 is 1.19 bits per heavy atom. The van der Waals surface area contributed by atoms with Crippen molar-refractivity contribution in [3.8, 4) is 5.75 Å². The van der Waals surface area contributed by atoms with Crippen LogP contribution in [0.4, 0.5) is 0 Å². The van der Waals surface area contributed by atoms with Gasteiger partial charge in [-0.3, -0.25) is 4.79 Å². The maximum absolute atomic E-state index is 12.0. The Kier molecular flexibility index (Phi) is 5.46. The summed E-state index contributed by atoms with van der Waals surface area (Å²) in [5.41, 5.74) is 0.997. The summed E-state index contributed by atoms with van der Waals surface area (Å²) in [7, 11) is 0. The van der Waals surface area contributed by atoms with Gasteiger partial charge < -0.3 is 20.1 Å². The maximum atomic E-state index is 12.0. The van der Waals surface area contributed by atoms with Crippen molar-refractivity contribution in [1.82, 2.24) is 10.2 Å². The third-order valence-electron chi connectivity index (χ3n) is 6.22. The molecule has 4 rings (SSSR count). The Hall–Kier alpha value is -1.59. The number of aliphatic hydroxyl groups is 1. The molecular weight excluding hydrogens is 328 g/mol. The molecule has 1 saturated carbocycles. The van der Waals surface area contributed by atoms with E-state index in [1.54, 1.807) is 4.90 Å². The van der Waals surface area contributed by atoms with Crippen LogP contribution in [0.2, 0.25) is 0 Å². The average Bonchev–Trinajstić information content (AvgIpc) is 3.41. The fourth-order valence-electron chi connectivity index (χ4n) is 4.43. The van der Waals surface area contributed by atoms with Crippen molar-refractivity contribution in [3.05, 3.63) is 29.8 Å². The zero-order valence-corrected chi connectivity index (χ0v) is 15.4. The van der Waals surface area contributed by atoms with Crippen molar-refractivity contribution < 1.29 is 14.6 Å². The van der Waals surface area contributed by atoms with E-state index in [9.17, 15) is 9.90 Å². The van der Waals surface area contributed by atoms with Gasteiger partial charge in [0.05, 0.1) is 19.1 Å². The van der Waals surface area contributed by atoms with Gasteiger partial charge in [0, 0.05) is 13.1 Å². The monoisotopic (exact) mass is 358 g/mol. The Morgan fingerprint density at radius 2 is 1.92 bits per heavy atom. The molecule has 2 aliphatic heterocycles. The van der Waals surface area contributed by atoms with Gasteiger partial charge in [-0.25, -0.2) is 0 Å². The molecule has 1 aromatic rings. The van der Waals surface area contributed by atoms with E-state index in [-0.39, 0.29) is 12.0 Å². The van der Waals surface area contributed by atoms with Crippen LogP contribution in [0.5, 0.6) is 5.75 Å². The largest absolute Gasteiger partial charge is 0.494 e. The van der Waals surface area contributed by atoms with Gasteiger partial charge in [-0.15, -0.1) is 0 Å². The van der Waals surface area contributed by atoms with Crippen LogP contribution in [0.3, 0.4) is 0 Å². The van der Waals surface area contributed by atoms with Gasteiger partial charge in [0.15, 0.2) is 0 Å². The van der Waals surface area contributed by atoms with Crippen LogP contribution >= 0.6 is 0 Å². The molecule has 2 saturated heterocycles. The molecular formula is C21H30N2O3. The number of carbonyl (C=O) groups excluding carboxylic acids is 1. The van der Waals surface area contributed by atoms with Crippen LogP contribution in [0.15, 0.2) is 24.3 Å². The van der Waals surface area contributed by atoms with Crippen LogP contribution in [0.25, 0.3) is 0 Å². The van der Waals surface area contributed by atoms with Crippen LogP contribution in [-0.2, 0) is 11.2 Å². The van der Waals surface area contributed by atoms with Gasteiger partial charge in [0.2, 0.25) is 5.91 Å². The number of nitrogens with zero attached hydrogens (tertiary/aromatic N) is 1. The van der Waals surface area contributed by atoms with Gasteiger partial charge in [0.1, 0.15) is 5.75 Å². The fraction of sp³-hybridized carbons (Fsp3) is 0.667. The van der Waals surface area contributed by atoms with Crippen molar-refractivity contribution in [2.45, 2.75) is 38.2 Å².